The van der Waals surface area contributed by atoms with Crippen LogP contribution in [0.25, 0.3) is 0 Å². The Kier molecular flexibility index (Phi) is 4.17. The van der Waals surface area contributed by atoms with E-state index in [1.165, 1.54) is 6.08 Å². The van der Waals surface area contributed by atoms with E-state index in [2.05, 4.69) is 0 Å². The Balaban J connectivity index is 4.86. The minimum absolute atomic E-state index is 0.277. The molecule has 0 aromatic carbocycles. The van der Waals surface area contributed by atoms with Crippen molar-refractivity contribution in [3.63, 3.8) is 0 Å². The molecule has 13 heavy (non-hydrogen) atoms. The van der Waals surface area contributed by atoms with E-state index in [1.807, 2.05) is 0 Å². The number of carboxylic acids is 2. The minimum atomic E-state index is -1.25. The Morgan fingerprint density at radius 3 is 2.15 bits per heavy atom. The molecule has 0 aliphatic heterocycles. The van der Waals surface area contributed by atoms with Crippen LogP contribution in [0.15, 0.2) is 12.2 Å². The van der Waals surface area contributed by atoms with Gasteiger partial charge in [0.2, 0.25) is 0 Å². The topological polar surface area (TPSA) is 74.6 Å². The second kappa shape index (κ2) is 4.64. The van der Waals surface area contributed by atoms with Crippen molar-refractivity contribution in [2.24, 2.45) is 5.41 Å². The third-order valence-corrected chi connectivity index (χ3v) is 2.01. The summed E-state index contributed by atoms with van der Waals surface area (Å²) in [6.45, 7) is 3.34. The van der Waals surface area contributed by atoms with Gasteiger partial charge in [-0.2, -0.15) is 0 Å². The highest BCUT2D eigenvalue weighted by molar-refractivity contribution is 5.83. The van der Waals surface area contributed by atoms with Crippen molar-refractivity contribution >= 4 is 11.9 Å². The molecule has 0 aliphatic rings. The van der Waals surface area contributed by atoms with Crippen molar-refractivity contribution in [2.45, 2.75) is 26.7 Å². The van der Waals surface area contributed by atoms with Crippen molar-refractivity contribution in [1.29, 1.82) is 0 Å². The predicted molar refractivity (Wildman–Crippen MR) is 47.4 cm³/mol. The van der Waals surface area contributed by atoms with Gasteiger partial charge in [-0.15, -0.1) is 0 Å². The van der Waals surface area contributed by atoms with Gasteiger partial charge in [0.15, 0.2) is 0 Å². The van der Waals surface area contributed by atoms with Crippen LogP contribution in [0, 0.1) is 5.41 Å². The molecule has 0 fully saturated rings. The molecule has 74 valence electrons. The van der Waals surface area contributed by atoms with Gasteiger partial charge in [-0.05, 0) is 13.3 Å². The van der Waals surface area contributed by atoms with Gasteiger partial charge in [-0.25, -0.2) is 0 Å². The number of allylic oxidation sites excluding steroid dienone is 1. The molecular weight excluding hydrogens is 172 g/mol. The molecule has 0 radical (unpaired) electrons. The molecule has 1 atom stereocenters. The van der Waals surface area contributed by atoms with Crippen molar-refractivity contribution in [3.05, 3.63) is 12.2 Å². The van der Waals surface area contributed by atoms with E-state index >= 15 is 0 Å². The Morgan fingerprint density at radius 2 is 1.92 bits per heavy atom. The predicted octanol–water partition coefficient (Wildman–Crippen LogP) is 1.52. The molecule has 0 aliphatic carbocycles. The van der Waals surface area contributed by atoms with Crippen LogP contribution in [0.1, 0.15) is 26.7 Å². The van der Waals surface area contributed by atoms with Gasteiger partial charge < -0.3 is 10.2 Å². The monoisotopic (exact) mass is 186 g/mol. The molecule has 0 aromatic heterocycles. The molecule has 0 rings (SSSR count). The molecule has 2 N–H and O–H groups in total. The quantitative estimate of drug-likeness (QED) is 0.638. The van der Waals surface area contributed by atoms with Gasteiger partial charge in [0.05, 0.1) is 11.8 Å². The van der Waals surface area contributed by atoms with Crippen molar-refractivity contribution < 1.29 is 19.8 Å². The van der Waals surface area contributed by atoms with Crippen LogP contribution in [0.4, 0.5) is 0 Å². The maximum absolute atomic E-state index is 10.9. The molecule has 0 aromatic rings. The molecule has 0 bridgehead atoms. The highest BCUT2D eigenvalue weighted by atomic mass is 16.4. The lowest BCUT2D eigenvalue weighted by atomic mass is 9.81. The van der Waals surface area contributed by atoms with E-state index in [9.17, 15) is 9.59 Å². The van der Waals surface area contributed by atoms with Gasteiger partial charge in [0.25, 0.3) is 0 Å². The zero-order chi connectivity index (χ0) is 10.5. The van der Waals surface area contributed by atoms with Crippen LogP contribution < -0.4 is 0 Å². The zero-order valence-corrected chi connectivity index (χ0v) is 7.78. The van der Waals surface area contributed by atoms with Crippen molar-refractivity contribution in [2.75, 3.05) is 0 Å². The molecule has 0 saturated carbocycles. The maximum atomic E-state index is 10.9. The molecule has 4 heteroatoms. The van der Waals surface area contributed by atoms with E-state index in [-0.39, 0.29) is 12.8 Å². The van der Waals surface area contributed by atoms with Crippen LogP contribution in [-0.4, -0.2) is 22.2 Å². The average molecular weight is 186 g/mol. The molecule has 0 amide bonds. The Hall–Kier alpha value is -1.32. The highest BCUT2D eigenvalue weighted by Crippen LogP contribution is 2.28. The Morgan fingerprint density at radius 1 is 1.38 bits per heavy atom. The number of carboxylic acid groups (broad SMARTS) is 2. The molecule has 1 unspecified atom stereocenters. The first-order valence-corrected chi connectivity index (χ1v) is 4.07. The smallest absolute Gasteiger partial charge is 0.314 e. The maximum Gasteiger partial charge on any atom is 0.314 e. The van der Waals surface area contributed by atoms with Gasteiger partial charge in [0.1, 0.15) is 0 Å². The number of aliphatic carboxylic acids is 2. The first-order chi connectivity index (χ1) is 5.98. The largest absolute Gasteiger partial charge is 0.481 e. The zero-order valence-electron chi connectivity index (χ0n) is 7.78. The number of hydrogen-bond donors (Lipinski definition) is 2. The fourth-order valence-electron chi connectivity index (χ4n) is 1.19. The van der Waals surface area contributed by atoms with E-state index < -0.39 is 17.4 Å². The lowest BCUT2D eigenvalue weighted by Crippen LogP contribution is -2.30. The van der Waals surface area contributed by atoms with Gasteiger partial charge in [-0.1, -0.05) is 19.1 Å². The van der Waals surface area contributed by atoms with E-state index in [1.54, 1.807) is 19.9 Å². The normalized spacial score (nSPS) is 15.5. The number of carbonyl (C=O) groups is 2. The summed E-state index contributed by atoms with van der Waals surface area (Å²) in [7, 11) is 0. The summed E-state index contributed by atoms with van der Waals surface area (Å²) in [5, 5.41) is 17.4. The number of rotatable bonds is 5. The summed E-state index contributed by atoms with van der Waals surface area (Å²) < 4.78 is 0. The van der Waals surface area contributed by atoms with Crippen LogP contribution in [-0.2, 0) is 9.59 Å². The third-order valence-electron chi connectivity index (χ3n) is 2.01. The van der Waals surface area contributed by atoms with Crippen molar-refractivity contribution in [1.82, 2.24) is 0 Å². The molecule has 0 saturated heterocycles. The Labute approximate surface area is 76.9 Å². The first kappa shape index (κ1) is 11.7. The van der Waals surface area contributed by atoms with Gasteiger partial charge in [0, 0.05) is 0 Å². The van der Waals surface area contributed by atoms with Gasteiger partial charge in [-0.3, -0.25) is 9.59 Å². The number of hydrogen-bond acceptors (Lipinski definition) is 2. The minimum Gasteiger partial charge on any atom is -0.481 e. The summed E-state index contributed by atoms with van der Waals surface area (Å²) >= 11 is 0. The second-order valence-corrected chi connectivity index (χ2v) is 2.89. The molecule has 0 heterocycles. The molecular formula is C9H14O4. The van der Waals surface area contributed by atoms with Crippen LogP contribution in [0.2, 0.25) is 0 Å². The first-order valence-electron chi connectivity index (χ1n) is 4.07. The summed E-state index contributed by atoms with van der Waals surface area (Å²) in [5.74, 6) is -2.18. The SMILES string of the molecule is CC=CC(CC)(CC(=O)O)C(=O)O. The Bertz CT molecular complexity index is 232. The average Bonchev–Trinajstić information content (AvgIpc) is 2.02. The summed E-state index contributed by atoms with van der Waals surface area (Å²) in [6.07, 6.45) is 2.91. The summed E-state index contributed by atoms with van der Waals surface area (Å²) in [4.78, 5) is 21.3. The highest BCUT2D eigenvalue weighted by Gasteiger charge is 2.36. The van der Waals surface area contributed by atoms with Crippen molar-refractivity contribution in [3.8, 4) is 0 Å². The fourth-order valence-corrected chi connectivity index (χ4v) is 1.19. The van der Waals surface area contributed by atoms with E-state index in [4.69, 9.17) is 10.2 Å². The summed E-state index contributed by atoms with van der Waals surface area (Å²) in [5.41, 5.74) is -1.25. The fraction of sp³-hybridized carbons (Fsp3) is 0.556. The van der Waals surface area contributed by atoms with Gasteiger partial charge >= 0.3 is 11.9 Å². The van der Waals surface area contributed by atoms with E-state index in [0.29, 0.717) is 0 Å². The third kappa shape index (κ3) is 2.89. The lowest BCUT2D eigenvalue weighted by Gasteiger charge is -2.21. The van der Waals surface area contributed by atoms with Crippen LogP contribution in [0.3, 0.4) is 0 Å². The second-order valence-electron chi connectivity index (χ2n) is 2.89. The van der Waals surface area contributed by atoms with Crippen LogP contribution >= 0.6 is 0 Å². The molecule has 4 nitrogen and oxygen atoms in total. The lowest BCUT2D eigenvalue weighted by molar-refractivity contribution is -0.152. The molecule has 0 spiro atoms. The standard InChI is InChI=1S/C9H14O4/c1-3-5-9(4-2,8(12)13)6-7(10)11/h3,5H,4,6H2,1-2H3,(H,10,11)(H,12,13). The summed E-state index contributed by atoms with van der Waals surface area (Å²) in [6, 6.07) is 0. The van der Waals surface area contributed by atoms with Crippen LogP contribution in [0.5, 0.6) is 0 Å². The van der Waals surface area contributed by atoms with E-state index in [0.717, 1.165) is 0 Å².